The molecule has 0 aliphatic heterocycles. The molecule has 0 saturated heterocycles. The van der Waals surface area contributed by atoms with Crippen LogP contribution in [0.2, 0.25) is 0 Å². The average molecular weight is 178 g/mol. The second-order valence-corrected chi connectivity index (χ2v) is 3.26. The summed E-state index contributed by atoms with van der Waals surface area (Å²) < 4.78 is 5.40. The molecular weight excluding hydrogens is 160 g/mol. The molecule has 0 saturated carbocycles. The van der Waals surface area contributed by atoms with Crippen molar-refractivity contribution in [1.29, 1.82) is 0 Å². The van der Waals surface area contributed by atoms with E-state index in [0.717, 1.165) is 19.6 Å². The number of ether oxygens (including phenoxy) is 1. The smallest absolute Gasteiger partial charge is 0.0719 e. The third kappa shape index (κ3) is 2.85. The van der Waals surface area contributed by atoms with E-state index in [9.17, 15) is 0 Å². The Balaban J connectivity index is 2.79. The monoisotopic (exact) mass is 178 g/mol. The number of rotatable bonds is 4. The van der Waals surface area contributed by atoms with Crippen molar-refractivity contribution in [2.75, 3.05) is 6.61 Å². The minimum atomic E-state index is 0.750. The van der Waals surface area contributed by atoms with Crippen molar-refractivity contribution in [3.63, 3.8) is 0 Å². The van der Waals surface area contributed by atoms with Gasteiger partial charge in [-0.15, -0.1) is 0 Å². The Bertz CT molecular complexity index is 266. The fourth-order valence-corrected chi connectivity index (χ4v) is 1.44. The number of hydrogen-bond donors (Lipinski definition) is 0. The zero-order valence-corrected chi connectivity index (χ0v) is 8.76. The van der Waals surface area contributed by atoms with Gasteiger partial charge in [0, 0.05) is 6.61 Å². The molecule has 1 aromatic carbocycles. The number of aryl methyl sites for hydroxylation is 2. The van der Waals surface area contributed by atoms with Crippen molar-refractivity contribution in [1.82, 2.24) is 0 Å². The van der Waals surface area contributed by atoms with Gasteiger partial charge in [-0.25, -0.2) is 0 Å². The molecular formula is C12H18O. The van der Waals surface area contributed by atoms with Crippen molar-refractivity contribution in [3.8, 4) is 0 Å². The average Bonchev–Trinajstić information content (AvgIpc) is 2.16. The quantitative estimate of drug-likeness (QED) is 0.688. The van der Waals surface area contributed by atoms with Gasteiger partial charge < -0.3 is 4.74 Å². The first kappa shape index (κ1) is 10.3. The van der Waals surface area contributed by atoms with Gasteiger partial charge >= 0.3 is 0 Å². The van der Waals surface area contributed by atoms with Crippen molar-refractivity contribution in [2.45, 2.75) is 33.8 Å². The molecule has 0 amide bonds. The van der Waals surface area contributed by atoms with E-state index >= 15 is 0 Å². The van der Waals surface area contributed by atoms with Crippen molar-refractivity contribution in [3.05, 3.63) is 34.9 Å². The molecule has 1 heteroatoms. The summed E-state index contributed by atoms with van der Waals surface area (Å²) in [5.41, 5.74) is 4.07. The molecule has 0 unspecified atom stereocenters. The van der Waals surface area contributed by atoms with Gasteiger partial charge in [0.25, 0.3) is 0 Å². The van der Waals surface area contributed by atoms with Crippen LogP contribution in [0.15, 0.2) is 18.2 Å². The van der Waals surface area contributed by atoms with E-state index in [4.69, 9.17) is 4.74 Å². The first-order chi connectivity index (χ1) is 6.27. The zero-order chi connectivity index (χ0) is 9.68. The maximum atomic E-state index is 5.40. The molecule has 0 aliphatic rings. The van der Waals surface area contributed by atoms with Crippen LogP contribution in [0.3, 0.4) is 0 Å². The summed E-state index contributed by atoms with van der Waals surface area (Å²) in [4.78, 5) is 0. The van der Waals surface area contributed by atoms with Crippen molar-refractivity contribution >= 4 is 0 Å². The summed E-state index contributed by atoms with van der Waals surface area (Å²) >= 11 is 0. The summed E-state index contributed by atoms with van der Waals surface area (Å²) in [6.07, 6.45) is 1.09. The zero-order valence-electron chi connectivity index (χ0n) is 8.76. The number of benzene rings is 1. The minimum absolute atomic E-state index is 0.750. The van der Waals surface area contributed by atoms with Crippen LogP contribution in [-0.4, -0.2) is 6.61 Å². The molecule has 0 heterocycles. The Morgan fingerprint density at radius 1 is 1.15 bits per heavy atom. The van der Waals surface area contributed by atoms with Crippen LogP contribution >= 0.6 is 0 Å². The first-order valence-electron chi connectivity index (χ1n) is 4.94. The highest BCUT2D eigenvalue weighted by Gasteiger charge is 2.00. The molecule has 72 valence electrons. The van der Waals surface area contributed by atoms with E-state index in [1.54, 1.807) is 0 Å². The maximum Gasteiger partial charge on any atom is 0.0719 e. The normalized spacial score (nSPS) is 10.4. The van der Waals surface area contributed by atoms with Crippen molar-refractivity contribution < 1.29 is 4.74 Å². The highest BCUT2D eigenvalue weighted by atomic mass is 16.5. The Morgan fingerprint density at radius 3 is 2.54 bits per heavy atom. The van der Waals surface area contributed by atoms with Crippen LogP contribution in [0.1, 0.15) is 30.5 Å². The summed E-state index contributed by atoms with van der Waals surface area (Å²) in [6.45, 7) is 7.88. The predicted octanol–water partition coefficient (Wildman–Crippen LogP) is 3.09. The van der Waals surface area contributed by atoms with Gasteiger partial charge in [-0.05, 0) is 31.4 Å². The SMILES string of the molecule is CCOCc1ccc(C)cc1CC. The van der Waals surface area contributed by atoms with Gasteiger partial charge in [0.15, 0.2) is 0 Å². The topological polar surface area (TPSA) is 9.23 Å². The van der Waals surface area contributed by atoms with E-state index in [1.807, 2.05) is 6.92 Å². The van der Waals surface area contributed by atoms with Crippen LogP contribution in [-0.2, 0) is 17.8 Å². The Morgan fingerprint density at radius 2 is 1.92 bits per heavy atom. The minimum Gasteiger partial charge on any atom is -0.377 e. The highest BCUT2D eigenvalue weighted by molar-refractivity contribution is 5.31. The Kier molecular flexibility index (Phi) is 3.97. The van der Waals surface area contributed by atoms with Gasteiger partial charge in [-0.1, -0.05) is 30.7 Å². The molecule has 13 heavy (non-hydrogen) atoms. The second-order valence-electron chi connectivity index (χ2n) is 3.26. The lowest BCUT2D eigenvalue weighted by atomic mass is 10.0. The lowest BCUT2D eigenvalue weighted by Crippen LogP contribution is -1.97. The van der Waals surface area contributed by atoms with E-state index in [0.29, 0.717) is 0 Å². The van der Waals surface area contributed by atoms with Crippen LogP contribution in [0.5, 0.6) is 0 Å². The molecule has 1 rings (SSSR count). The predicted molar refractivity (Wildman–Crippen MR) is 55.9 cm³/mol. The van der Waals surface area contributed by atoms with Crippen molar-refractivity contribution in [2.24, 2.45) is 0 Å². The molecule has 0 fully saturated rings. The first-order valence-corrected chi connectivity index (χ1v) is 4.94. The molecule has 0 radical (unpaired) electrons. The Labute approximate surface area is 80.7 Å². The lowest BCUT2D eigenvalue weighted by Gasteiger charge is -2.08. The molecule has 0 aromatic heterocycles. The highest BCUT2D eigenvalue weighted by Crippen LogP contribution is 2.13. The van der Waals surface area contributed by atoms with E-state index in [1.165, 1.54) is 16.7 Å². The van der Waals surface area contributed by atoms with Gasteiger partial charge in [0.2, 0.25) is 0 Å². The second kappa shape index (κ2) is 5.03. The summed E-state index contributed by atoms with van der Waals surface area (Å²) in [7, 11) is 0. The standard InChI is InChI=1S/C12H18O/c1-4-11-8-10(3)6-7-12(11)9-13-5-2/h6-8H,4-5,9H2,1-3H3. The molecule has 1 nitrogen and oxygen atoms in total. The van der Waals surface area contributed by atoms with E-state index < -0.39 is 0 Å². The van der Waals surface area contributed by atoms with Gasteiger partial charge in [-0.3, -0.25) is 0 Å². The van der Waals surface area contributed by atoms with Crippen LogP contribution in [0, 0.1) is 6.92 Å². The fraction of sp³-hybridized carbons (Fsp3) is 0.500. The third-order valence-corrected chi connectivity index (χ3v) is 2.20. The molecule has 0 spiro atoms. The maximum absolute atomic E-state index is 5.40. The van der Waals surface area contributed by atoms with E-state index in [-0.39, 0.29) is 0 Å². The van der Waals surface area contributed by atoms with Gasteiger partial charge in [0.1, 0.15) is 0 Å². The summed E-state index contributed by atoms with van der Waals surface area (Å²) in [6, 6.07) is 6.56. The molecule has 1 aromatic rings. The van der Waals surface area contributed by atoms with E-state index in [2.05, 4.69) is 32.0 Å². The van der Waals surface area contributed by atoms with Crippen LogP contribution in [0.25, 0.3) is 0 Å². The summed E-state index contributed by atoms with van der Waals surface area (Å²) in [5.74, 6) is 0. The third-order valence-electron chi connectivity index (χ3n) is 2.20. The summed E-state index contributed by atoms with van der Waals surface area (Å²) in [5, 5.41) is 0. The number of hydrogen-bond acceptors (Lipinski definition) is 1. The van der Waals surface area contributed by atoms with Crippen LogP contribution < -0.4 is 0 Å². The molecule has 0 atom stereocenters. The molecule has 0 N–H and O–H groups in total. The van der Waals surface area contributed by atoms with Gasteiger partial charge in [-0.2, -0.15) is 0 Å². The molecule has 0 bridgehead atoms. The fourth-order valence-electron chi connectivity index (χ4n) is 1.44. The van der Waals surface area contributed by atoms with Gasteiger partial charge in [0.05, 0.1) is 6.61 Å². The van der Waals surface area contributed by atoms with Crippen LogP contribution in [0.4, 0.5) is 0 Å². The molecule has 0 aliphatic carbocycles. The Hall–Kier alpha value is -0.820. The largest absolute Gasteiger partial charge is 0.377 e. The lowest BCUT2D eigenvalue weighted by molar-refractivity contribution is 0.133.